The third-order valence-electron chi connectivity index (χ3n) is 4.80. The van der Waals surface area contributed by atoms with Crippen molar-refractivity contribution in [1.29, 1.82) is 0 Å². The number of nitrogens with one attached hydrogen (secondary N) is 1. The van der Waals surface area contributed by atoms with Gasteiger partial charge in [0.2, 0.25) is 5.16 Å². The van der Waals surface area contributed by atoms with E-state index in [0.29, 0.717) is 5.15 Å². The van der Waals surface area contributed by atoms with Crippen molar-refractivity contribution < 1.29 is 0 Å². The molecule has 1 aliphatic heterocycles. The molecule has 5 nitrogen and oxygen atoms in total. The van der Waals surface area contributed by atoms with E-state index in [1.54, 1.807) is 11.8 Å². The number of rotatable bonds is 2. The molecule has 2 aromatic heterocycles. The van der Waals surface area contributed by atoms with Crippen molar-refractivity contribution >= 4 is 34.3 Å². The van der Waals surface area contributed by atoms with Gasteiger partial charge in [0.25, 0.3) is 0 Å². The van der Waals surface area contributed by atoms with Gasteiger partial charge in [-0.2, -0.15) is 0 Å². The molecular weight excluding hydrogens is 378 g/mol. The second-order valence-electron chi connectivity index (χ2n) is 6.60. The first-order chi connectivity index (χ1) is 13.1. The Morgan fingerprint density at radius 3 is 2.70 bits per heavy atom. The summed E-state index contributed by atoms with van der Waals surface area (Å²) < 4.78 is 1.94. The third kappa shape index (κ3) is 2.67. The molecule has 0 fully saturated rings. The highest BCUT2D eigenvalue weighted by atomic mass is 35.5. The molecule has 134 valence electrons. The van der Waals surface area contributed by atoms with E-state index >= 15 is 0 Å². The number of aromatic nitrogens is 4. The number of fused-ring (bicyclic) bond motifs is 2. The zero-order valence-corrected chi connectivity index (χ0v) is 16.3. The lowest BCUT2D eigenvalue weighted by atomic mass is 10.1. The van der Waals surface area contributed by atoms with Crippen LogP contribution in [-0.2, 0) is 0 Å². The van der Waals surface area contributed by atoms with Crippen molar-refractivity contribution in [2.75, 3.05) is 5.43 Å². The number of hydrogen-bond acceptors (Lipinski definition) is 5. The van der Waals surface area contributed by atoms with Gasteiger partial charge in [-0.1, -0.05) is 65.8 Å². The van der Waals surface area contributed by atoms with Crippen LogP contribution < -0.4 is 5.43 Å². The van der Waals surface area contributed by atoms with E-state index in [1.807, 2.05) is 35.9 Å². The van der Waals surface area contributed by atoms with E-state index in [4.69, 9.17) is 11.6 Å². The summed E-state index contributed by atoms with van der Waals surface area (Å²) in [5, 5.41) is 11.1. The molecule has 0 radical (unpaired) electrons. The molecule has 3 heterocycles. The second-order valence-corrected chi connectivity index (χ2v) is 8.03. The van der Waals surface area contributed by atoms with Crippen LogP contribution in [0.4, 0.5) is 0 Å². The molecule has 0 aliphatic carbocycles. The maximum atomic E-state index is 6.54. The summed E-state index contributed by atoms with van der Waals surface area (Å²) in [6.45, 7) is 4.12. The van der Waals surface area contributed by atoms with Gasteiger partial charge in [-0.25, -0.2) is 9.66 Å². The summed E-state index contributed by atoms with van der Waals surface area (Å²) in [6.07, 6.45) is 0. The normalized spacial score (nSPS) is 15.7. The van der Waals surface area contributed by atoms with Crippen LogP contribution in [0.25, 0.3) is 22.3 Å². The van der Waals surface area contributed by atoms with E-state index in [9.17, 15) is 0 Å². The highest BCUT2D eigenvalue weighted by Gasteiger charge is 2.30. The molecule has 0 spiro atoms. The standard InChI is InChI=1S/C20H16ClN5S/c1-11-6-3-4-9-14(11)18-23-24-20-26(18)25-19(27-20)15-10-13-8-5-7-12(2)16(13)22-17(15)21/h3-10,19,25H,1-2H3. The van der Waals surface area contributed by atoms with E-state index < -0.39 is 0 Å². The van der Waals surface area contributed by atoms with Crippen molar-refractivity contribution in [3.63, 3.8) is 0 Å². The van der Waals surface area contributed by atoms with Crippen LogP contribution in [-0.4, -0.2) is 19.9 Å². The van der Waals surface area contributed by atoms with E-state index in [1.165, 1.54) is 0 Å². The summed E-state index contributed by atoms with van der Waals surface area (Å²) in [4.78, 5) is 4.63. The predicted molar refractivity (Wildman–Crippen MR) is 110 cm³/mol. The Balaban J connectivity index is 1.55. The fourth-order valence-corrected chi connectivity index (χ4v) is 4.69. The van der Waals surface area contributed by atoms with E-state index in [-0.39, 0.29) is 5.37 Å². The number of thioether (sulfide) groups is 1. The van der Waals surface area contributed by atoms with Gasteiger partial charge < -0.3 is 5.43 Å². The van der Waals surface area contributed by atoms with Gasteiger partial charge in [0.05, 0.1) is 5.52 Å². The molecule has 4 aromatic rings. The smallest absolute Gasteiger partial charge is 0.212 e. The molecule has 7 heteroatoms. The van der Waals surface area contributed by atoms with E-state index in [2.05, 4.69) is 51.8 Å². The first kappa shape index (κ1) is 16.6. The lowest BCUT2D eigenvalue weighted by molar-refractivity contribution is 0.791. The molecule has 5 rings (SSSR count). The van der Waals surface area contributed by atoms with Crippen LogP contribution in [0.1, 0.15) is 22.1 Å². The Labute approximate surface area is 165 Å². The quantitative estimate of drug-likeness (QED) is 0.479. The van der Waals surface area contributed by atoms with Gasteiger partial charge in [-0.3, -0.25) is 0 Å². The summed E-state index contributed by atoms with van der Waals surface area (Å²) in [5.41, 5.74) is 8.69. The zero-order chi connectivity index (χ0) is 18.5. The monoisotopic (exact) mass is 393 g/mol. The molecule has 1 aliphatic rings. The number of benzene rings is 2. The van der Waals surface area contributed by atoms with Crippen LogP contribution in [0.5, 0.6) is 0 Å². The molecule has 0 bridgehead atoms. The zero-order valence-electron chi connectivity index (χ0n) is 14.8. The molecule has 0 amide bonds. The van der Waals surface area contributed by atoms with Gasteiger partial charge >= 0.3 is 0 Å². The molecule has 1 unspecified atom stereocenters. The molecule has 27 heavy (non-hydrogen) atoms. The number of aryl methyl sites for hydroxylation is 2. The lowest BCUT2D eigenvalue weighted by Gasteiger charge is -2.15. The first-order valence-corrected chi connectivity index (χ1v) is 9.88. The Morgan fingerprint density at radius 2 is 1.85 bits per heavy atom. The average Bonchev–Trinajstić information content (AvgIpc) is 3.23. The van der Waals surface area contributed by atoms with E-state index in [0.717, 1.165) is 44.1 Å². The number of nitrogens with zero attached hydrogens (tertiary/aromatic N) is 4. The molecule has 1 atom stereocenters. The van der Waals surface area contributed by atoms with Gasteiger partial charge in [-0.15, -0.1) is 10.2 Å². The fraction of sp³-hybridized carbons (Fsp3) is 0.150. The minimum absolute atomic E-state index is 0.0665. The molecular formula is C20H16ClN5S. The Morgan fingerprint density at radius 1 is 1.04 bits per heavy atom. The molecule has 2 aromatic carbocycles. The largest absolute Gasteiger partial charge is 0.304 e. The molecule has 0 saturated carbocycles. The lowest BCUT2D eigenvalue weighted by Crippen LogP contribution is -2.14. The summed E-state index contributed by atoms with van der Waals surface area (Å²) in [6, 6.07) is 16.4. The highest BCUT2D eigenvalue weighted by Crippen LogP contribution is 2.43. The fourth-order valence-electron chi connectivity index (χ4n) is 3.37. The Kier molecular flexibility index (Phi) is 3.84. The topological polar surface area (TPSA) is 55.6 Å². The Hall–Kier alpha value is -2.57. The average molecular weight is 394 g/mol. The van der Waals surface area contributed by atoms with Crippen molar-refractivity contribution in [3.8, 4) is 11.4 Å². The Bertz CT molecular complexity index is 1190. The van der Waals surface area contributed by atoms with Gasteiger partial charge in [0, 0.05) is 16.5 Å². The second kappa shape index (κ2) is 6.25. The summed E-state index contributed by atoms with van der Waals surface area (Å²) >= 11 is 8.13. The van der Waals surface area contributed by atoms with Gasteiger partial charge in [-0.05, 0) is 31.0 Å². The van der Waals surface area contributed by atoms with Crippen LogP contribution in [0.15, 0.2) is 53.7 Å². The first-order valence-electron chi connectivity index (χ1n) is 8.62. The van der Waals surface area contributed by atoms with Crippen molar-refractivity contribution in [2.24, 2.45) is 0 Å². The van der Waals surface area contributed by atoms with Crippen molar-refractivity contribution in [2.45, 2.75) is 24.4 Å². The minimum atomic E-state index is -0.0665. The van der Waals surface area contributed by atoms with Crippen LogP contribution >= 0.6 is 23.4 Å². The van der Waals surface area contributed by atoms with Crippen LogP contribution in [0.3, 0.4) is 0 Å². The maximum Gasteiger partial charge on any atom is 0.212 e. The molecule has 1 N–H and O–H groups in total. The number of hydrogen-bond donors (Lipinski definition) is 1. The van der Waals surface area contributed by atoms with Crippen molar-refractivity contribution in [1.82, 2.24) is 19.9 Å². The third-order valence-corrected chi connectivity index (χ3v) is 6.17. The maximum absolute atomic E-state index is 6.54. The number of para-hydroxylation sites is 1. The SMILES string of the molecule is Cc1ccccc1-c1nnc2n1NC(c1cc3cccc(C)c3nc1Cl)S2. The van der Waals surface area contributed by atoms with Crippen LogP contribution in [0.2, 0.25) is 5.15 Å². The number of halogens is 1. The highest BCUT2D eigenvalue weighted by molar-refractivity contribution is 7.99. The minimum Gasteiger partial charge on any atom is -0.304 e. The van der Waals surface area contributed by atoms with Crippen LogP contribution in [0, 0.1) is 13.8 Å². The van der Waals surface area contributed by atoms with Crippen molar-refractivity contribution in [3.05, 3.63) is 70.4 Å². The predicted octanol–water partition coefficient (Wildman–Crippen LogP) is 5.11. The number of pyridine rings is 1. The van der Waals surface area contributed by atoms with Gasteiger partial charge in [0.1, 0.15) is 10.5 Å². The summed E-state index contributed by atoms with van der Waals surface area (Å²) in [7, 11) is 0. The molecule has 0 saturated heterocycles. The van der Waals surface area contributed by atoms with Gasteiger partial charge in [0.15, 0.2) is 5.82 Å². The summed E-state index contributed by atoms with van der Waals surface area (Å²) in [5.74, 6) is 0.804.